The minimum Gasteiger partial charge on any atom is -0.489 e. The van der Waals surface area contributed by atoms with Gasteiger partial charge in [0.25, 0.3) is 0 Å². The Kier molecular flexibility index (Phi) is 1.71. The highest BCUT2D eigenvalue weighted by molar-refractivity contribution is 5.71. The molecule has 2 aliphatic rings. The van der Waals surface area contributed by atoms with Crippen LogP contribution in [-0.2, 0) is 4.79 Å². The molecule has 0 saturated heterocycles. The van der Waals surface area contributed by atoms with Gasteiger partial charge in [-0.05, 0) is 18.9 Å². The van der Waals surface area contributed by atoms with Gasteiger partial charge < -0.3 is 9.84 Å². The maximum absolute atomic E-state index is 10.9. The lowest BCUT2D eigenvalue weighted by molar-refractivity contribution is -0.141. The average Bonchev–Trinajstić information content (AvgIpc) is 2.73. The number of hydrogen-bond acceptors (Lipinski definition) is 3. The Labute approximate surface area is 86.9 Å². The predicted octanol–water partition coefficient (Wildman–Crippen LogP) is 1.42. The Morgan fingerprint density at radius 1 is 1.53 bits per heavy atom. The van der Waals surface area contributed by atoms with Gasteiger partial charge >= 0.3 is 5.97 Å². The number of hydrogen-bond donors (Lipinski definition) is 1. The Hall–Kier alpha value is -1.58. The van der Waals surface area contributed by atoms with Crippen LogP contribution >= 0.6 is 0 Å². The molecular formula is C11H11NO3. The zero-order valence-corrected chi connectivity index (χ0v) is 8.09. The molecule has 3 rings (SSSR count). The molecule has 1 aromatic rings. The van der Waals surface area contributed by atoms with Crippen LogP contribution in [0.1, 0.15) is 24.3 Å². The number of aromatic nitrogens is 1. The summed E-state index contributed by atoms with van der Waals surface area (Å²) < 4.78 is 5.71. The van der Waals surface area contributed by atoms with Crippen molar-refractivity contribution in [3.63, 3.8) is 0 Å². The van der Waals surface area contributed by atoms with Gasteiger partial charge in [0.05, 0.1) is 5.92 Å². The molecule has 1 aliphatic carbocycles. The Bertz CT molecular complexity index is 418. The summed E-state index contributed by atoms with van der Waals surface area (Å²) >= 11 is 0. The van der Waals surface area contributed by atoms with Crippen molar-refractivity contribution in [1.82, 2.24) is 4.98 Å². The number of nitrogens with zero attached hydrogens (tertiary/aromatic N) is 1. The molecule has 0 amide bonds. The van der Waals surface area contributed by atoms with Crippen LogP contribution in [-0.4, -0.2) is 22.2 Å². The van der Waals surface area contributed by atoms with Gasteiger partial charge in [0.2, 0.25) is 0 Å². The van der Waals surface area contributed by atoms with E-state index in [2.05, 4.69) is 4.98 Å². The molecule has 78 valence electrons. The predicted molar refractivity (Wildman–Crippen MR) is 51.8 cm³/mol. The summed E-state index contributed by atoms with van der Waals surface area (Å²) in [5, 5.41) is 8.95. The van der Waals surface area contributed by atoms with Gasteiger partial charge in [0.15, 0.2) is 0 Å². The topological polar surface area (TPSA) is 59.4 Å². The summed E-state index contributed by atoms with van der Waals surface area (Å²) in [5.74, 6) is 0.144. The Morgan fingerprint density at radius 3 is 3.20 bits per heavy atom. The first kappa shape index (κ1) is 8.71. The number of carboxylic acid groups (broad SMARTS) is 1. The monoisotopic (exact) mass is 205 g/mol. The van der Waals surface area contributed by atoms with E-state index < -0.39 is 5.97 Å². The van der Waals surface area contributed by atoms with E-state index in [1.165, 1.54) is 0 Å². The fourth-order valence-electron chi connectivity index (χ4n) is 2.60. The molecule has 0 radical (unpaired) electrons. The number of pyridine rings is 1. The molecule has 4 heteroatoms. The number of rotatable bonds is 1. The summed E-state index contributed by atoms with van der Waals surface area (Å²) in [7, 11) is 0. The fraction of sp³-hybridized carbons (Fsp3) is 0.455. The van der Waals surface area contributed by atoms with Gasteiger partial charge in [-0.3, -0.25) is 9.78 Å². The van der Waals surface area contributed by atoms with Crippen molar-refractivity contribution in [2.45, 2.75) is 24.9 Å². The molecule has 3 atom stereocenters. The standard InChI is InChI=1S/C11H11NO3/c13-11(14)6-3-7-8-5-12-2-1-9(8)15-10(7)4-6/h1-2,5-7,10H,3-4H2,(H,13,14). The molecule has 1 aliphatic heterocycles. The zero-order chi connectivity index (χ0) is 10.4. The van der Waals surface area contributed by atoms with Crippen LogP contribution in [0.15, 0.2) is 18.5 Å². The number of ether oxygens (including phenoxy) is 1. The Balaban J connectivity index is 1.91. The molecule has 1 saturated carbocycles. The largest absolute Gasteiger partial charge is 0.489 e. The summed E-state index contributed by atoms with van der Waals surface area (Å²) in [6.07, 6.45) is 4.84. The smallest absolute Gasteiger partial charge is 0.306 e. The normalized spacial score (nSPS) is 31.9. The summed E-state index contributed by atoms with van der Waals surface area (Å²) in [4.78, 5) is 14.9. The van der Waals surface area contributed by atoms with Gasteiger partial charge in [-0.2, -0.15) is 0 Å². The third kappa shape index (κ3) is 1.21. The average molecular weight is 205 g/mol. The summed E-state index contributed by atoms with van der Waals surface area (Å²) in [5.41, 5.74) is 1.08. The van der Waals surface area contributed by atoms with Crippen LogP contribution in [0.3, 0.4) is 0 Å². The van der Waals surface area contributed by atoms with E-state index in [0.29, 0.717) is 12.8 Å². The van der Waals surface area contributed by atoms with Gasteiger partial charge in [-0.1, -0.05) is 0 Å². The van der Waals surface area contributed by atoms with Crippen molar-refractivity contribution in [3.05, 3.63) is 24.0 Å². The summed E-state index contributed by atoms with van der Waals surface area (Å²) in [6.45, 7) is 0. The van der Waals surface area contributed by atoms with Crippen molar-refractivity contribution in [1.29, 1.82) is 0 Å². The number of fused-ring (bicyclic) bond motifs is 3. The van der Waals surface area contributed by atoms with E-state index in [1.54, 1.807) is 12.4 Å². The molecule has 15 heavy (non-hydrogen) atoms. The fourth-order valence-corrected chi connectivity index (χ4v) is 2.60. The van der Waals surface area contributed by atoms with Crippen molar-refractivity contribution in [3.8, 4) is 5.75 Å². The first-order chi connectivity index (χ1) is 7.25. The maximum Gasteiger partial charge on any atom is 0.306 e. The highest BCUT2D eigenvalue weighted by Crippen LogP contribution is 2.48. The zero-order valence-electron chi connectivity index (χ0n) is 8.09. The number of carboxylic acids is 1. The molecule has 1 N–H and O–H groups in total. The van der Waals surface area contributed by atoms with Crippen LogP contribution in [0.2, 0.25) is 0 Å². The highest BCUT2D eigenvalue weighted by Gasteiger charge is 2.45. The van der Waals surface area contributed by atoms with E-state index in [1.807, 2.05) is 6.07 Å². The molecule has 2 heterocycles. The van der Waals surface area contributed by atoms with Crippen LogP contribution in [0, 0.1) is 5.92 Å². The molecule has 0 spiro atoms. The van der Waals surface area contributed by atoms with Crippen molar-refractivity contribution in [2.24, 2.45) is 5.92 Å². The van der Waals surface area contributed by atoms with E-state index >= 15 is 0 Å². The van der Waals surface area contributed by atoms with E-state index in [-0.39, 0.29) is 17.9 Å². The van der Waals surface area contributed by atoms with Crippen LogP contribution in [0.25, 0.3) is 0 Å². The minimum absolute atomic E-state index is 0.0466. The molecule has 0 bridgehead atoms. The van der Waals surface area contributed by atoms with Crippen molar-refractivity contribution >= 4 is 5.97 Å². The lowest BCUT2D eigenvalue weighted by Crippen LogP contribution is -2.14. The molecular weight excluding hydrogens is 194 g/mol. The maximum atomic E-state index is 10.9. The second kappa shape index (κ2) is 2.95. The molecule has 4 nitrogen and oxygen atoms in total. The van der Waals surface area contributed by atoms with E-state index in [9.17, 15) is 4.79 Å². The lowest BCUT2D eigenvalue weighted by Gasteiger charge is -2.07. The molecule has 1 aromatic heterocycles. The van der Waals surface area contributed by atoms with Crippen molar-refractivity contribution < 1.29 is 14.6 Å². The summed E-state index contributed by atoms with van der Waals surface area (Å²) in [6, 6.07) is 1.85. The van der Waals surface area contributed by atoms with E-state index in [4.69, 9.17) is 9.84 Å². The lowest BCUT2D eigenvalue weighted by atomic mass is 9.98. The van der Waals surface area contributed by atoms with E-state index in [0.717, 1.165) is 11.3 Å². The third-order valence-electron chi connectivity index (χ3n) is 3.34. The molecule has 3 unspecified atom stereocenters. The first-order valence-corrected chi connectivity index (χ1v) is 5.09. The van der Waals surface area contributed by atoms with Crippen LogP contribution in [0.5, 0.6) is 5.75 Å². The molecule has 0 aromatic carbocycles. The van der Waals surface area contributed by atoms with Gasteiger partial charge in [0, 0.05) is 23.9 Å². The van der Waals surface area contributed by atoms with Gasteiger partial charge in [-0.25, -0.2) is 0 Å². The number of carbonyl (C=O) groups is 1. The minimum atomic E-state index is -0.710. The van der Waals surface area contributed by atoms with Gasteiger partial charge in [-0.15, -0.1) is 0 Å². The van der Waals surface area contributed by atoms with Crippen LogP contribution < -0.4 is 4.74 Å². The van der Waals surface area contributed by atoms with Crippen molar-refractivity contribution in [2.75, 3.05) is 0 Å². The second-order valence-corrected chi connectivity index (χ2v) is 4.18. The van der Waals surface area contributed by atoms with Gasteiger partial charge in [0.1, 0.15) is 11.9 Å². The SMILES string of the molecule is O=C(O)C1CC2Oc3ccncc3C2C1. The third-order valence-corrected chi connectivity index (χ3v) is 3.34. The quantitative estimate of drug-likeness (QED) is 0.753. The Morgan fingerprint density at radius 2 is 2.40 bits per heavy atom. The number of aliphatic carboxylic acids is 1. The highest BCUT2D eigenvalue weighted by atomic mass is 16.5. The first-order valence-electron chi connectivity index (χ1n) is 5.09. The second-order valence-electron chi connectivity index (χ2n) is 4.18. The van der Waals surface area contributed by atoms with Crippen LogP contribution in [0.4, 0.5) is 0 Å². The molecule has 1 fully saturated rings.